The minimum atomic E-state index is 0.582. The Hall–Kier alpha value is -1.93. The lowest BCUT2D eigenvalue weighted by Gasteiger charge is -1.97. The Morgan fingerprint density at radius 3 is 2.73 bits per heavy atom. The van der Waals surface area contributed by atoms with Crippen LogP contribution in [0.2, 0.25) is 0 Å². The van der Waals surface area contributed by atoms with Crippen LogP contribution in [0.1, 0.15) is 18.4 Å². The van der Waals surface area contributed by atoms with Crippen LogP contribution < -0.4 is 5.32 Å². The van der Waals surface area contributed by atoms with Gasteiger partial charge in [0.2, 0.25) is 16.8 Å². The molecule has 0 atom stereocenters. The van der Waals surface area contributed by atoms with Crippen molar-refractivity contribution in [3.63, 3.8) is 0 Å². The number of aromatic nitrogens is 4. The van der Waals surface area contributed by atoms with E-state index in [2.05, 4.69) is 44.7 Å². The van der Waals surface area contributed by atoms with Crippen LogP contribution in [0.25, 0.3) is 11.4 Å². The van der Waals surface area contributed by atoms with Crippen LogP contribution in [0.15, 0.2) is 33.1 Å². The monoisotopic (exact) mass is 333 g/mol. The maximum absolute atomic E-state index is 5.29. The SMILES string of the molecule is CCc1ccc(-c2noc(CSc3nnc(NC)s3)n2)cc1. The van der Waals surface area contributed by atoms with Gasteiger partial charge in [0.05, 0.1) is 5.75 Å². The Balaban J connectivity index is 1.65. The third-order valence-electron chi connectivity index (χ3n) is 3.03. The Morgan fingerprint density at radius 2 is 2.05 bits per heavy atom. The summed E-state index contributed by atoms with van der Waals surface area (Å²) in [7, 11) is 1.82. The maximum atomic E-state index is 5.29. The Kier molecular flexibility index (Phi) is 4.69. The van der Waals surface area contributed by atoms with E-state index < -0.39 is 0 Å². The number of thioether (sulfide) groups is 1. The molecule has 114 valence electrons. The molecule has 0 radical (unpaired) electrons. The first kappa shape index (κ1) is 15.0. The molecule has 3 rings (SSSR count). The largest absolute Gasteiger partial charge is 0.363 e. The number of aryl methyl sites for hydroxylation is 1. The molecule has 0 spiro atoms. The van der Waals surface area contributed by atoms with Crippen LogP contribution >= 0.6 is 23.1 Å². The van der Waals surface area contributed by atoms with E-state index in [9.17, 15) is 0 Å². The fourth-order valence-corrected chi connectivity index (χ4v) is 3.36. The Bertz CT molecular complexity index is 738. The molecule has 0 saturated heterocycles. The van der Waals surface area contributed by atoms with Gasteiger partial charge in [0.1, 0.15) is 0 Å². The second-order valence-corrected chi connectivity index (χ2v) is 6.67. The van der Waals surface area contributed by atoms with Crippen LogP contribution in [0.4, 0.5) is 5.13 Å². The normalized spacial score (nSPS) is 10.8. The van der Waals surface area contributed by atoms with E-state index in [0.29, 0.717) is 17.5 Å². The molecule has 3 aromatic rings. The highest BCUT2D eigenvalue weighted by Crippen LogP contribution is 2.28. The van der Waals surface area contributed by atoms with E-state index in [1.807, 2.05) is 19.2 Å². The van der Waals surface area contributed by atoms with Gasteiger partial charge in [0, 0.05) is 12.6 Å². The van der Waals surface area contributed by atoms with E-state index in [1.165, 1.54) is 28.7 Å². The van der Waals surface area contributed by atoms with Gasteiger partial charge >= 0.3 is 0 Å². The van der Waals surface area contributed by atoms with E-state index >= 15 is 0 Å². The van der Waals surface area contributed by atoms with Crippen molar-refractivity contribution in [2.45, 2.75) is 23.4 Å². The molecule has 0 amide bonds. The van der Waals surface area contributed by atoms with Gasteiger partial charge in [-0.2, -0.15) is 4.98 Å². The van der Waals surface area contributed by atoms with Gasteiger partial charge in [-0.15, -0.1) is 10.2 Å². The third kappa shape index (κ3) is 3.45. The molecule has 2 heterocycles. The second-order valence-electron chi connectivity index (χ2n) is 4.47. The lowest BCUT2D eigenvalue weighted by molar-refractivity contribution is 0.391. The molecule has 0 aliphatic rings. The maximum Gasteiger partial charge on any atom is 0.237 e. The van der Waals surface area contributed by atoms with E-state index in [0.717, 1.165) is 21.5 Å². The van der Waals surface area contributed by atoms with Crippen LogP contribution in [0.3, 0.4) is 0 Å². The van der Waals surface area contributed by atoms with Crippen LogP contribution in [0.5, 0.6) is 0 Å². The fraction of sp³-hybridized carbons (Fsp3) is 0.286. The number of hydrogen-bond acceptors (Lipinski definition) is 8. The van der Waals surface area contributed by atoms with Crippen molar-refractivity contribution in [2.75, 3.05) is 12.4 Å². The average Bonchev–Trinajstić information content (AvgIpc) is 3.22. The lowest BCUT2D eigenvalue weighted by atomic mass is 10.1. The van der Waals surface area contributed by atoms with Crippen LogP contribution in [0, 0.1) is 0 Å². The summed E-state index contributed by atoms with van der Waals surface area (Å²) < 4.78 is 6.16. The van der Waals surface area contributed by atoms with Gasteiger partial charge in [-0.3, -0.25) is 0 Å². The van der Waals surface area contributed by atoms with E-state index in [4.69, 9.17) is 4.52 Å². The van der Waals surface area contributed by atoms with E-state index in [-0.39, 0.29) is 0 Å². The highest BCUT2D eigenvalue weighted by Gasteiger charge is 2.11. The number of rotatable bonds is 6. The minimum absolute atomic E-state index is 0.582. The van der Waals surface area contributed by atoms with Gasteiger partial charge in [-0.1, -0.05) is 59.4 Å². The summed E-state index contributed by atoms with van der Waals surface area (Å²) in [6.07, 6.45) is 1.02. The van der Waals surface area contributed by atoms with Gasteiger partial charge in [0.25, 0.3) is 0 Å². The fourth-order valence-electron chi connectivity index (χ4n) is 1.81. The van der Waals surface area contributed by atoms with Crippen LogP contribution in [-0.2, 0) is 12.2 Å². The topological polar surface area (TPSA) is 76.7 Å². The molecule has 0 saturated carbocycles. The van der Waals surface area contributed by atoms with Gasteiger partial charge in [-0.25, -0.2) is 0 Å². The van der Waals surface area contributed by atoms with Crippen molar-refractivity contribution in [3.8, 4) is 11.4 Å². The molecular weight excluding hydrogens is 318 g/mol. The first-order chi connectivity index (χ1) is 10.8. The van der Waals surface area contributed by atoms with Crippen molar-refractivity contribution in [1.82, 2.24) is 20.3 Å². The summed E-state index contributed by atoms with van der Waals surface area (Å²) in [4.78, 5) is 4.42. The summed E-state index contributed by atoms with van der Waals surface area (Å²) in [5.74, 6) is 1.78. The second kappa shape index (κ2) is 6.89. The summed E-state index contributed by atoms with van der Waals surface area (Å²) >= 11 is 3.03. The predicted molar refractivity (Wildman–Crippen MR) is 88.1 cm³/mol. The molecule has 2 aromatic heterocycles. The van der Waals surface area contributed by atoms with Crippen molar-refractivity contribution < 1.29 is 4.52 Å². The molecular formula is C14H15N5OS2. The molecule has 1 aromatic carbocycles. The van der Waals surface area contributed by atoms with Gasteiger partial charge in [0.15, 0.2) is 4.34 Å². The van der Waals surface area contributed by atoms with E-state index in [1.54, 1.807) is 0 Å². The minimum Gasteiger partial charge on any atom is -0.363 e. The zero-order chi connectivity index (χ0) is 15.4. The third-order valence-corrected chi connectivity index (χ3v) is 5.09. The number of nitrogens with one attached hydrogen (secondary N) is 1. The zero-order valence-electron chi connectivity index (χ0n) is 12.2. The number of hydrogen-bond donors (Lipinski definition) is 1. The molecule has 0 fully saturated rings. The zero-order valence-corrected chi connectivity index (χ0v) is 13.9. The lowest BCUT2D eigenvalue weighted by Crippen LogP contribution is -1.85. The van der Waals surface area contributed by atoms with Gasteiger partial charge < -0.3 is 9.84 Å². The quantitative estimate of drug-likeness (QED) is 0.692. The predicted octanol–water partition coefficient (Wildman–Crippen LogP) is 3.48. The highest BCUT2D eigenvalue weighted by molar-refractivity contribution is 8.00. The molecule has 22 heavy (non-hydrogen) atoms. The van der Waals surface area contributed by atoms with Crippen molar-refractivity contribution in [2.24, 2.45) is 0 Å². The Morgan fingerprint density at radius 1 is 1.23 bits per heavy atom. The highest BCUT2D eigenvalue weighted by atomic mass is 32.2. The number of anilines is 1. The molecule has 0 aliphatic heterocycles. The summed E-state index contributed by atoms with van der Waals surface area (Å²) in [6, 6.07) is 8.20. The summed E-state index contributed by atoms with van der Waals surface area (Å²) in [6.45, 7) is 2.13. The molecule has 0 aliphatic carbocycles. The number of nitrogens with zero attached hydrogens (tertiary/aromatic N) is 4. The standard InChI is InChI=1S/C14H15N5OS2/c1-3-9-4-6-10(7-5-9)12-16-11(20-19-12)8-21-14-18-17-13(15-2)22-14/h4-7H,3,8H2,1-2H3,(H,15,17). The number of benzene rings is 1. The molecule has 0 bridgehead atoms. The summed E-state index contributed by atoms with van der Waals surface area (Å²) in [5.41, 5.74) is 2.25. The smallest absolute Gasteiger partial charge is 0.237 e. The first-order valence-electron chi connectivity index (χ1n) is 6.84. The molecule has 1 N–H and O–H groups in total. The van der Waals surface area contributed by atoms with Crippen LogP contribution in [-0.4, -0.2) is 27.4 Å². The average molecular weight is 333 g/mol. The molecule has 6 nitrogen and oxygen atoms in total. The van der Waals surface area contributed by atoms with Crippen molar-refractivity contribution >= 4 is 28.2 Å². The first-order valence-corrected chi connectivity index (χ1v) is 8.64. The van der Waals surface area contributed by atoms with Crippen molar-refractivity contribution in [3.05, 3.63) is 35.7 Å². The molecule has 8 heteroatoms. The summed E-state index contributed by atoms with van der Waals surface area (Å²) in [5, 5.41) is 15.8. The van der Waals surface area contributed by atoms with Gasteiger partial charge in [-0.05, 0) is 12.0 Å². The van der Waals surface area contributed by atoms with Crippen molar-refractivity contribution in [1.29, 1.82) is 0 Å². The molecule has 0 unspecified atom stereocenters. The Labute approximate surface area is 136 Å².